The number of carbonyl (C=O) groups is 5. The number of H-pyrrole nitrogens is 1. The summed E-state index contributed by atoms with van der Waals surface area (Å²) in [7, 11) is 0. The summed E-state index contributed by atoms with van der Waals surface area (Å²) in [6.07, 6.45) is 2.41. The van der Waals surface area contributed by atoms with Crippen LogP contribution in [-0.4, -0.2) is 82.1 Å². The van der Waals surface area contributed by atoms with E-state index in [1.807, 2.05) is 24.3 Å². The first-order valence-corrected chi connectivity index (χ1v) is 12.6. The molecule has 0 aliphatic heterocycles. The number of unbranched alkanes of at least 4 members (excludes halogenated alkanes) is 1. The molecule has 4 atom stereocenters. The van der Waals surface area contributed by atoms with E-state index in [0.717, 1.165) is 10.9 Å². The Morgan fingerprint density at radius 2 is 1.54 bits per heavy atom. The van der Waals surface area contributed by atoms with Crippen molar-refractivity contribution in [1.82, 2.24) is 20.9 Å². The Kier molecular flexibility index (Phi) is 12.3. The number of carbonyl (C=O) groups excluding carboxylic acids is 4. The molecule has 1 heterocycles. The van der Waals surface area contributed by atoms with Crippen LogP contribution in [0.25, 0.3) is 10.9 Å². The number of benzene rings is 1. The first kappa shape index (κ1) is 31.2. The van der Waals surface area contributed by atoms with E-state index >= 15 is 0 Å². The number of aromatic amines is 1. The summed E-state index contributed by atoms with van der Waals surface area (Å²) in [4.78, 5) is 64.8. The van der Waals surface area contributed by atoms with Crippen molar-refractivity contribution in [2.75, 3.05) is 13.2 Å². The van der Waals surface area contributed by atoms with E-state index in [2.05, 4.69) is 20.9 Å². The number of rotatable bonds is 17. The van der Waals surface area contributed by atoms with E-state index in [4.69, 9.17) is 17.2 Å². The Labute approximate surface area is 225 Å². The Bertz CT molecular complexity index is 1150. The predicted molar refractivity (Wildman–Crippen MR) is 142 cm³/mol. The first-order valence-electron chi connectivity index (χ1n) is 12.6. The van der Waals surface area contributed by atoms with Gasteiger partial charge in [0.15, 0.2) is 0 Å². The third-order valence-corrected chi connectivity index (χ3v) is 6.14. The van der Waals surface area contributed by atoms with Gasteiger partial charge in [0.2, 0.25) is 23.6 Å². The summed E-state index contributed by atoms with van der Waals surface area (Å²) >= 11 is 0. The number of primary amides is 1. The fraction of sp³-hybridized carbons (Fsp3) is 0.480. The standard InChI is InChI=1S/C25H37N7O7/c26-10-4-3-7-18(30-22(35)16(27)13-33)23(36)32-20(11-14-12-29-17-6-2-1-5-15(14)17)24(37)31-19(25(38)39)8-9-21(28)34/h1-2,5-6,12,16,18-20,29,33H,3-4,7-11,13,26-27H2,(H2,28,34)(H,30,35)(H,31,37)(H,32,36)(H,38,39). The molecule has 0 fully saturated rings. The van der Waals surface area contributed by atoms with Crippen LogP contribution < -0.4 is 33.2 Å². The number of hydrogen-bond acceptors (Lipinski definition) is 8. The number of amides is 4. The Balaban J connectivity index is 2.31. The topological polar surface area (TPSA) is 256 Å². The van der Waals surface area contributed by atoms with Gasteiger partial charge in [-0.1, -0.05) is 18.2 Å². The number of aliphatic hydroxyl groups is 1. The summed E-state index contributed by atoms with van der Waals surface area (Å²) in [5.41, 5.74) is 17.7. The monoisotopic (exact) mass is 547 g/mol. The zero-order valence-electron chi connectivity index (χ0n) is 21.5. The van der Waals surface area contributed by atoms with Gasteiger partial charge in [-0.3, -0.25) is 19.2 Å². The lowest BCUT2D eigenvalue weighted by Gasteiger charge is -2.25. The highest BCUT2D eigenvalue weighted by Crippen LogP contribution is 2.19. The molecular formula is C25H37N7O7. The Hall–Kier alpha value is -4.01. The van der Waals surface area contributed by atoms with E-state index in [0.29, 0.717) is 24.9 Å². The fourth-order valence-electron chi connectivity index (χ4n) is 3.94. The maximum atomic E-state index is 13.3. The largest absolute Gasteiger partial charge is 0.480 e. The van der Waals surface area contributed by atoms with Crippen LogP contribution in [0.3, 0.4) is 0 Å². The van der Waals surface area contributed by atoms with E-state index in [1.165, 1.54) is 0 Å². The summed E-state index contributed by atoms with van der Waals surface area (Å²) in [6.45, 7) is -0.262. The highest BCUT2D eigenvalue weighted by atomic mass is 16.4. The van der Waals surface area contributed by atoms with Crippen molar-refractivity contribution in [3.8, 4) is 0 Å². The van der Waals surface area contributed by atoms with Gasteiger partial charge in [0.25, 0.3) is 0 Å². The molecule has 12 N–H and O–H groups in total. The number of aliphatic carboxylic acids is 1. The van der Waals surface area contributed by atoms with Crippen LogP contribution in [0.5, 0.6) is 0 Å². The number of nitrogens with one attached hydrogen (secondary N) is 4. The molecule has 214 valence electrons. The SMILES string of the molecule is NCCCCC(NC(=O)C(N)CO)C(=O)NC(Cc1c[nH]c2ccccc12)C(=O)NC(CCC(N)=O)C(=O)O. The van der Waals surface area contributed by atoms with Crippen LogP contribution in [0.2, 0.25) is 0 Å². The van der Waals surface area contributed by atoms with Gasteiger partial charge >= 0.3 is 5.97 Å². The number of para-hydroxylation sites is 1. The normalized spacial score (nSPS) is 14.1. The van der Waals surface area contributed by atoms with Gasteiger partial charge in [-0.15, -0.1) is 0 Å². The van der Waals surface area contributed by atoms with Crippen molar-refractivity contribution in [2.24, 2.45) is 17.2 Å². The third kappa shape index (κ3) is 9.67. The molecule has 0 saturated heterocycles. The molecule has 2 rings (SSSR count). The number of aromatic nitrogens is 1. The summed E-state index contributed by atoms with van der Waals surface area (Å²) in [5.74, 6) is -4.34. The Morgan fingerprint density at radius 1 is 0.897 bits per heavy atom. The van der Waals surface area contributed by atoms with E-state index in [9.17, 15) is 34.2 Å². The zero-order valence-corrected chi connectivity index (χ0v) is 21.5. The second-order valence-electron chi connectivity index (χ2n) is 9.16. The quantitative estimate of drug-likeness (QED) is 0.0987. The molecule has 4 unspecified atom stereocenters. The first-order chi connectivity index (χ1) is 18.6. The van der Waals surface area contributed by atoms with Crippen molar-refractivity contribution in [3.05, 3.63) is 36.0 Å². The lowest BCUT2D eigenvalue weighted by molar-refractivity contribution is -0.142. The maximum Gasteiger partial charge on any atom is 0.326 e. The van der Waals surface area contributed by atoms with Crippen LogP contribution >= 0.6 is 0 Å². The zero-order chi connectivity index (χ0) is 28.9. The van der Waals surface area contributed by atoms with Gasteiger partial charge in [0.05, 0.1) is 6.61 Å². The molecule has 0 spiro atoms. The number of aliphatic hydroxyl groups excluding tert-OH is 1. The van der Waals surface area contributed by atoms with Gasteiger partial charge in [0, 0.05) is 29.9 Å². The lowest BCUT2D eigenvalue weighted by atomic mass is 10.0. The van der Waals surface area contributed by atoms with Gasteiger partial charge in [-0.25, -0.2) is 4.79 Å². The number of carboxylic acids is 1. The summed E-state index contributed by atoms with van der Waals surface area (Å²) < 4.78 is 0. The second kappa shape index (κ2) is 15.4. The minimum atomic E-state index is -1.42. The third-order valence-electron chi connectivity index (χ3n) is 6.14. The molecular weight excluding hydrogens is 510 g/mol. The van der Waals surface area contributed by atoms with Crippen molar-refractivity contribution in [1.29, 1.82) is 0 Å². The number of hydrogen-bond donors (Lipinski definition) is 9. The molecule has 0 aliphatic carbocycles. The minimum Gasteiger partial charge on any atom is -0.480 e. The van der Waals surface area contributed by atoms with Crippen LogP contribution in [0, 0.1) is 0 Å². The molecule has 0 bridgehead atoms. The molecule has 2 aromatic rings. The van der Waals surface area contributed by atoms with E-state index < -0.39 is 60.4 Å². The van der Waals surface area contributed by atoms with Crippen molar-refractivity contribution in [2.45, 2.75) is 62.7 Å². The van der Waals surface area contributed by atoms with E-state index in [-0.39, 0.29) is 25.7 Å². The summed E-state index contributed by atoms with van der Waals surface area (Å²) in [5, 5.41) is 27.0. The van der Waals surface area contributed by atoms with Crippen molar-refractivity contribution < 1.29 is 34.2 Å². The van der Waals surface area contributed by atoms with Gasteiger partial charge < -0.3 is 48.3 Å². The van der Waals surface area contributed by atoms with Crippen LogP contribution in [0.1, 0.15) is 37.7 Å². The van der Waals surface area contributed by atoms with Crippen molar-refractivity contribution >= 4 is 40.5 Å². The molecule has 39 heavy (non-hydrogen) atoms. The van der Waals surface area contributed by atoms with Crippen LogP contribution in [0.4, 0.5) is 0 Å². The molecule has 0 saturated carbocycles. The number of fused-ring (bicyclic) bond motifs is 1. The molecule has 14 nitrogen and oxygen atoms in total. The predicted octanol–water partition coefficient (Wildman–Crippen LogP) is -2.04. The van der Waals surface area contributed by atoms with Crippen molar-refractivity contribution in [3.63, 3.8) is 0 Å². The molecule has 14 heteroatoms. The average molecular weight is 548 g/mol. The maximum absolute atomic E-state index is 13.3. The lowest BCUT2D eigenvalue weighted by Crippen LogP contribution is -2.58. The highest BCUT2D eigenvalue weighted by Gasteiger charge is 2.31. The summed E-state index contributed by atoms with van der Waals surface area (Å²) in [6, 6.07) is 2.30. The molecule has 1 aromatic heterocycles. The van der Waals surface area contributed by atoms with Gasteiger partial charge in [-0.05, 0) is 43.9 Å². The number of carboxylic acid groups (broad SMARTS) is 1. The minimum absolute atomic E-state index is 0.0106. The fourth-order valence-corrected chi connectivity index (χ4v) is 3.94. The molecule has 4 amide bonds. The van der Waals surface area contributed by atoms with Gasteiger partial charge in [-0.2, -0.15) is 0 Å². The average Bonchev–Trinajstić information content (AvgIpc) is 3.31. The van der Waals surface area contributed by atoms with E-state index in [1.54, 1.807) is 6.20 Å². The van der Waals surface area contributed by atoms with Gasteiger partial charge in [0.1, 0.15) is 24.2 Å². The second-order valence-corrected chi connectivity index (χ2v) is 9.16. The molecule has 0 aliphatic rings. The number of nitrogens with two attached hydrogens (primary N) is 3. The van der Waals surface area contributed by atoms with Crippen LogP contribution in [0.15, 0.2) is 30.5 Å². The van der Waals surface area contributed by atoms with Crippen LogP contribution in [-0.2, 0) is 30.4 Å². The Morgan fingerprint density at radius 3 is 2.18 bits per heavy atom. The molecule has 1 aromatic carbocycles. The highest BCUT2D eigenvalue weighted by molar-refractivity contribution is 5.95. The smallest absolute Gasteiger partial charge is 0.326 e. The molecule has 0 radical (unpaired) electrons.